The predicted molar refractivity (Wildman–Crippen MR) is 96.7 cm³/mol. The maximum atomic E-state index is 12.9. The summed E-state index contributed by atoms with van der Waals surface area (Å²) in [4.78, 5) is 20.6. The Labute approximate surface area is 145 Å². The number of aryl methyl sites for hydroxylation is 2. The number of rotatable bonds is 1. The Bertz CT molecular complexity index is 962. The van der Waals surface area contributed by atoms with Gasteiger partial charge in [-0.25, -0.2) is 0 Å². The van der Waals surface area contributed by atoms with E-state index in [1.54, 1.807) is 0 Å². The number of piperazine rings is 1. The molecule has 1 aliphatic carbocycles. The second kappa shape index (κ2) is 5.46. The third-order valence-electron chi connectivity index (χ3n) is 5.56. The molecule has 0 unspecified atom stereocenters. The van der Waals surface area contributed by atoms with E-state index in [0.29, 0.717) is 0 Å². The normalized spacial score (nSPS) is 17.6. The number of likely N-dealkylation sites (N-methyl/N-ethyl adjacent to an activating group) is 1. The largest absolute Gasteiger partial charge is 0.353 e. The minimum Gasteiger partial charge on any atom is -0.353 e. The van der Waals surface area contributed by atoms with Crippen LogP contribution in [0.2, 0.25) is 0 Å². The van der Waals surface area contributed by atoms with Crippen molar-refractivity contribution in [3.8, 4) is 11.4 Å². The van der Waals surface area contributed by atoms with Crippen molar-refractivity contribution in [3.05, 3.63) is 41.1 Å². The topological polar surface area (TPSA) is 68.0 Å². The maximum Gasteiger partial charge on any atom is 0.253 e. The average Bonchev–Trinajstić information content (AvgIpc) is 3.25. The number of nitrogens with one attached hydrogen (secondary N) is 2. The molecule has 128 valence electrons. The van der Waals surface area contributed by atoms with Crippen molar-refractivity contribution in [1.82, 2.24) is 25.0 Å². The zero-order chi connectivity index (χ0) is 17.0. The summed E-state index contributed by atoms with van der Waals surface area (Å²) in [5.41, 5.74) is 6.63. The Hall–Kier alpha value is -2.60. The van der Waals surface area contributed by atoms with Gasteiger partial charge in [-0.05, 0) is 49.2 Å². The number of carbonyl (C=O) groups excluding carboxylic acids is 1. The lowest BCUT2D eigenvalue weighted by atomic mass is 9.93. The van der Waals surface area contributed by atoms with Crippen molar-refractivity contribution in [2.45, 2.75) is 12.8 Å². The summed E-state index contributed by atoms with van der Waals surface area (Å²) in [6, 6.07) is 6.04. The zero-order valence-electron chi connectivity index (χ0n) is 14.3. The molecular formula is C19H21N5O. The van der Waals surface area contributed by atoms with E-state index in [2.05, 4.69) is 33.2 Å². The minimum atomic E-state index is 0.142. The highest BCUT2D eigenvalue weighted by Gasteiger charge is 2.24. The maximum absolute atomic E-state index is 12.9. The Morgan fingerprint density at radius 3 is 2.80 bits per heavy atom. The number of carbonyl (C=O) groups is 1. The van der Waals surface area contributed by atoms with Gasteiger partial charge in [0.2, 0.25) is 0 Å². The summed E-state index contributed by atoms with van der Waals surface area (Å²) in [6.07, 6.45) is 3.88. The molecule has 2 N–H and O–H groups in total. The standard InChI is InChI=1S/C19H21N5O/c1-23-6-8-24(9-7-23)19(25)12-3-5-16-15(10-12)14-4-2-13-11-20-22-17(13)18(14)21-16/h3,5,10-11,21H,2,4,6-9H2,1H3,(H,20,22). The Morgan fingerprint density at radius 1 is 1.12 bits per heavy atom. The third-order valence-corrected chi connectivity index (χ3v) is 5.56. The van der Waals surface area contributed by atoms with Crippen molar-refractivity contribution in [1.29, 1.82) is 0 Å². The second-order valence-corrected chi connectivity index (χ2v) is 7.10. The number of H-pyrrole nitrogens is 2. The molecule has 0 spiro atoms. The lowest BCUT2D eigenvalue weighted by Crippen LogP contribution is -2.47. The van der Waals surface area contributed by atoms with Crippen molar-refractivity contribution in [3.63, 3.8) is 0 Å². The summed E-state index contributed by atoms with van der Waals surface area (Å²) in [5.74, 6) is 0.142. The summed E-state index contributed by atoms with van der Waals surface area (Å²) in [6.45, 7) is 3.48. The van der Waals surface area contributed by atoms with Gasteiger partial charge in [0, 0.05) is 42.6 Å². The number of nitrogens with zero attached hydrogens (tertiary/aromatic N) is 3. The smallest absolute Gasteiger partial charge is 0.253 e. The van der Waals surface area contributed by atoms with Gasteiger partial charge in [0.1, 0.15) is 0 Å². The Morgan fingerprint density at radius 2 is 1.96 bits per heavy atom. The molecule has 25 heavy (non-hydrogen) atoms. The van der Waals surface area contributed by atoms with Crippen LogP contribution in [0.1, 0.15) is 21.5 Å². The number of aromatic amines is 2. The van der Waals surface area contributed by atoms with Crippen LogP contribution >= 0.6 is 0 Å². The van der Waals surface area contributed by atoms with Crippen LogP contribution in [-0.2, 0) is 12.8 Å². The third kappa shape index (κ3) is 2.28. The number of hydrogen-bond acceptors (Lipinski definition) is 3. The van der Waals surface area contributed by atoms with Crippen LogP contribution in [0.4, 0.5) is 0 Å². The fourth-order valence-corrected chi connectivity index (χ4v) is 4.02. The first-order valence-electron chi connectivity index (χ1n) is 8.86. The number of benzene rings is 1. The zero-order valence-corrected chi connectivity index (χ0v) is 14.3. The van der Waals surface area contributed by atoms with Crippen molar-refractivity contribution < 1.29 is 4.79 Å². The van der Waals surface area contributed by atoms with Crippen LogP contribution in [0.15, 0.2) is 24.4 Å². The Kier molecular flexibility index (Phi) is 3.21. The van der Waals surface area contributed by atoms with E-state index in [-0.39, 0.29) is 5.91 Å². The summed E-state index contributed by atoms with van der Waals surface area (Å²) >= 11 is 0. The number of aromatic nitrogens is 3. The van der Waals surface area contributed by atoms with Crippen LogP contribution in [0.5, 0.6) is 0 Å². The van der Waals surface area contributed by atoms with Gasteiger partial charge in [-0.1, -0.05) is 0 Å². The van der Waals surface area contributed by atoms with Gasteiger partial charge in [-0.2, -0.15) is 5.10 Å². The van der Waals surface area contributed by atoms with Crippen LogP contribution in [0, 0.1) is 0 Å². The van der Waals surface area contributed by atoms with Crippen LogP contribution < -0.4 is 0 Å². The van der Waals surface area contributed by atoms with Gasteiger partial charge in [0.05, 0.1) is 17.6 Å². The van der Waals surface area contributed by atoms with E-state index >= 15 is 0 Å². The quantitative estimate of drug-likeness (QED) is 0.715. The van der Waals surface area contributed by atoms with Gasteiger partial charge in [0.15, 0.2) is 0 Å². The monoisotopic (exact) mass is 335 g/mol. The molecule has 6 heteroatoms. The Balaban J connectivity index is 1.53. The highest BCUT2D eigenvalue weighted by atomic mass is 16.2. The van der Waals surface area contributed by atoms with Gasteiger partial charge in [0.25, 0.3) is 5.91 Å². The average molecular weight is 335 g/mol. The highest BCUT2D eigenvalue weighted by molar-refractivity contribution is 6.00. The molecular weight excluding hydrogens is 314 g/mol. The number of amides is 1. The van der Waals surface area contributed by atoms with Crippen LogP contribution in [-0.4, -0.2) is 64.1 Å². The molecule has 0 bridgehead atoms. The van der Waals surface area contributed by atoms with Crippen LogP contribution in [0.25, 0.3) is 22.3 Å². The van der Waals surface area contributed by atoms with E-state index < -0.39 is 0 Å². The van der Waals surface area contributed by atoms with Gasteiger partial charge in [-0.15, -0.1) is 0 Å². The van der Waals surface area contributed by atoms with E-state index in [9.17, 15) is 4.79 Å². The van der Waals surface area contributed by atoms with E-state index in [4.69, 9.17) is 0 Å². The molecule has 1 fully saturated rings. The SMILES string of the molecule is CN1CCN(C(=O)c2ccc3[nH]c4c(c3c2)CCc2cn[nH]c2-4)CC1. The van der Waals surface area contributed by atoms with Gasteiger partial charge >= 0.3 is 0 Å². The fourth-order valence-electron chi connectivity index (χ4n) is 4.02. The number of fused-ring (bicyclic) bond motifs is 5. The molecule has 6 nitrogen and oxygen atoms in total. The lowest BCUT2D eigenvalue weighted by Gasteiger charge is -2.32. The molecule has 0 radical (unpaired) electrons. The molecule has 1 aliphatic heterocycles. The van der Waals surface area contributed by atoms with E-state index in [1.807, 2.05) is 23.2 Å². The first-order valence-corrected chi connectivity index (χ1v) is 8.86. The predicted octanol–water partition coefficient (Wildman–Crippen LogP) is 2.04. The molecule has 5 rings (SSSR count). The molecule has 2 aromatic heterocycles. The van der Waals surface area contributed by atoms with Crippen molar-refractivity contribution >= 4 is 16.8 Å². The highest BCUT2D eigenvalue weighted by Crippen LogP contribution is 2.36. The van der Waals surface area contributed by atoms with Crippen molar-refractivity contribution in [2.75, 3.05) is 33.2 Å². The molecule has 0 atom stereocenters. The van der Waals surface area contributed by atoms with Crippen LogP contribution in [0.3, 0.4) is 0 Å². The molecule has 1 saturated heterocycles. The van der Waals surface area contributed by atoms with Crippen molar-refractivity contribution in [2.24, 2.45) is 0 Å². The summed E-state index contributed by atoms with van der Waals surface area (Å²) < 4.78 is 0. The first-order chi connectivity index (χ1) is 12.2. The molecule has 2 aliphatic rings. The van der Waals surface area contributed by atoms with E-state index in [0.717, 1.165) is 66.9 Å². The molecule has 1 amide bonds. The second-order valence-electron chi connectivity index (χ2n) is 7.10. The van der Waals surface area contributed by atoms with Gasteiger partial charge in [-0.3, -0.25) is 9.89 Å². The molecule has 1 aromatic carbocycles. The molecule has 3 heterocycles. The fraction of sp³-hybridized carbons (Fsp3) is 0.368. The minimum absolute atomic E-state index is 0.142. The summed E-state index contributed by atoms with van der Waals surface area (Å²) in [5, 5.41) is 8.45. The lowest BCUT2D eigenvalue weighted by molar-refractivity contribution is 0.0664. The molecule has 0 saturated carbocycles. The molecule has 3 aromatic rings. The first kappa shape index (κ1) is 14.7. The van der Waals surface area contributed by atoms with Gasteiger partial charge < -0.3 is 14.8 Å². The number of hydrogen-bond donors (Lipinski definition) is 2. The summed E-state index contributed by atoms with van der Waals surface area (Å²) in [7, 11) is 2.10. The van der Waals surface area contributed by atoms with E-state index in [1.165, 1.54) is 11.1 Å².